The monoisotopic (exact) mass is 469 g/mol. The second kappa shape index (κ2) is 9.11. The molecule has 0 radical (unpaired) electrons. The van der Waals surface area contributed by atoms with Crippen LogP contribution >= 0.6 is 0 Å². The highest BCUT2D eigenvalue weighted by Gasteiger charge is 2.32. The fraction of sp³-hybridized carbons (Fsp3) is 0.185. The number of rotatable bonds is 4. The number of benzene rings is 2. The van der Waals surface area contributed by atoms with Gasteiger partial charge in [0.25, 0.3) is 0 Å². The third kappa shape index (κ3) is 3.95. The van der Waals surface area contributed by atoms with E-state index in [1.165, 1.54) is 24.4 Å². The second-order valence-corrected chi connectivity index (χ2v) is 8.36. The summed E-state index contributed by atoms with van der Waals surface area (Å²) in [7, 11) is 0. The van der Waals surface area contributed by atoms with E-state index in [0.717, 1.165) is 5.69 Å². The van der Waals surface area contributed by atoms with Gasteiger partial charge in [0, 0.05) is 48.7 Å². The quantitative estimate of drug-likeness (QED) is 0.317. The molecule has 6 nitrogen and oxygen atoms in total. The molecule has 3 heterocycles. The zero-order chi connectivity index (χ0) is 24.5. The van der Waals surface area contributed by atoms with Gasteiger partial charge >= 0.3 is 0 Å². The lowest BCUT2D eigenvalue weighted by Crippen LogP contribution is -2.56. The van der Waals surface area contributed by atoms with Crippen LogP contribution in [0.1, 0.15) is 0 Å². The summed E-state index contributed by atoms with van der Waals surface area (Å²) in [5, 5.41) is 1.86. The lowest BCUT2D eigenvalue weighted by atomic mass is 10.00. The molecule has 2 aromatic heterocycles. The molecule has 174 valence electrons. The van der Waals surface area contributed by atoms with Crippen molar-refractivity contribution in [2.45, 2.75) is 6.04 Å². The van der Waals surface area contributed by atoms with Gasteiger partial charge in [-0.1, -0.05) is 30.8 Å². The third-order valence-corrected chi connectivity index (χ3v) is 6.37. The van der Waals surface area contributed by atoms with Crippen LogP contribution in [0.4, 0.5) is 14.5 Å². The van der Waals surface area contributed by atoms with Gasteiger partial charge in [-0.3, -0.25) is 14.8 Å². The van der Waals surface area contributed by atoms with Crippen molar-refractivity contribution in [1.29, 1.82) is 0 Å². The number of anilines is 1. The summed E-state index contributed by atoms with van der Waals surface area (Å²) in [4.78, 5) is 28.1. The van der Waals surface area contributed by atoms with Gasteiger partial charge < -0.3 is 14.6 Å². The van der Waals surface area contributed by atoms with Gasteiger partial charge in [0.2, 0.25) is 12.5 Å². The molecule has 0 spiro atoms. The van der Waals surface area contributed by atoms with E-state index in [-0.39, 0.29) is 29.7 Å². The molecule has 0 bridgehead atoms. The Labute approximate surface area is 200 Å². The zero-order valence-electron chi connectivity index (χ0n) is 18.8. The minimum absolute atomic E-state index is 0.0325. The van der Waals surface area contributed by atoms with E-state index in [2.05, 4.69) is 21.4 Å². The molecule has 1 amide bonds. The fourth-order valence-electron chi connectivity index (χ4n) is 4.74. The summed E-state index contributed by atoms with van der Waals surface area (Å²) in [5.41, 5.74) is 1.25. The van der Waals surface area contributed by atoms with Crippen molar-refractivity contribution in [3.8, 4) is 11.3 Å². The number of pyridine rings is 2. The third-order valence-electron chi connectivity index (χ3n) is 6.37. The number of hydrogen-bond donors (Lipinski definition) is 0. The molecular weight excluding hydrogens is 448 g/mol. The van der Waals surface area contributed by atoms with E-state index < -0.39 is 11.6 Å². The molecule has 0 unspecified atom stereocenters. The summed E-state index contributed by atoms with van der Waals surface area (Å²) < 4.78 is 30.1. The zero-order valence-corrected chi connectivity index (χ0v) is 18.8. The van der Waals surface area contributed by atoms with Crippen LogP contribution in [-0.2, 0) is 4.79 Å². The van der Waals surface area contributed by atoms with E-state index in [1.807, 2.05) is 11.0 Å². The first kappa shape index (κ1) is 22.4. The largest absolute Gasteiger partial charge is 0.367 e. The number of halogens is 2. The van der Waals surface area contributed by atoms with Crippen molar-refractivity contribution in [3.05, 3.63) is 90.6 Å². The fourth-order valence-corrected chi connectivity index (χ4v) is 4.74. The molecule has 1 aliphatic rings. The first-order chi connectivity index (χ1) is 17.0. The molecule has 0 aliphatic carbocycles. The topological polar surface area (TPSA) is 53.7 Å². The van der Waals surface area contributed by atoms with Crippen molar-refractivity contribution in [3.63, 3.8) is 0 Å². The van der Waals surface area contributed by atoms with Crippen LogP contribution in [0, 0.1) is 18.2 Å². The van der Waals surface area contributed by atoms with Gasteiger partial charge in [-0.05, 0) is 35.0 Å². The minimum Gasteiger partial charge on any atom is -0.367 e. The van der Waals surface area contributed by atoms with Crippen LogP contribution in [-0.4, -0.2) is 53.0 Å². The number of amides is 1. The maximum Gasteiger partial charge on any atom is 0.246 e. The molecule has 2 aromatic carbocycles. The molecule has 1 atom stereocenters. The Morgan fingerprint density at radius 3 is 2.80 bits per heavy atom. The lowest BCUT2D eigenvalue weighted by Gasteiger charge is -2.40. The normalized spacial score (nSPS) is 15.9. The van der Waals surface area contributed by atoms with Crippen molar-refractivity contribution >= 4 is 33.3 Å². The van der Waals surface area contributed by atoms with Crippen molar-refractivity contribution in [2.24, 2.45) is 0 Å². The molecule has 1 saturated heterocycles. The number of carbonyl (C=O) groups is 1. The van der Waals surface area contributed by atoms with Gasteiger partial charge in [-0.2, -0.15) is 0 Å². The Bertz CT molecular complexity index is 1510. The molecule has 0 N–H and O–H groups in total. The summed E-state index contributed by atoms with van der Waals surface area (Å²) in [5.74, 6) is -1.31. The molecule has 8 heteroatoms. The Hall–Kier alpha value is -4.38. The molecule has 1 fully saturated rings. The molecule has 35 heavy (non-hydrogen) atoms. The van der Waals surface area contributed by atoms with Crippen LogP contribution in [0.2, 0.25) is 0 Å². The van der Waals surface area contributed by atoms with Crippen molar-refractivity contribution in [2.75, 3.05) is 31.1 Å². The standard InChI is InChI=1S/C27H21F2N5O/c1-3-24(35)34-11-10-33(16-19(34)14-30-2)23-8-9-31-27-22(23)15-32-26(25(27)29)21-13-18(28)12-17-6-4-5-7-20(17)21/h3-9,12-13,15,19H,1,10-11,14,16H2/t19-/m0/s1. The van der Waals surface area contributed by atoms with Gasteiger partial charge in [0.05, 0.1) is 0 Å². The molecule has 4 aromatic rings. The number of fused-ring (bicyclic) bond motifs is 2. The first-order valence-corrected chi connectivity index (χ1v) is 11.1. The van der Waals surface area contributed by atoms with E-state index in [9.17, 15) is 9.18 Å². The van der Waals surface area contributed by atoms with Crippen LogP contribution in [0.25, 0.3) is 37.8 Å². The molecular formula is C27H21F2N5O. The van der Waals surface area contributed by atoms with Crippen LogP contribution < -0.4 is 4.90 Å². The highest BCUT2D eigenvalue weighted by atomic mass is 19.1. The average Bonchev–Trinajstić information content (AvgIpc) is 2.88. The summed E-state index contributed by atoms with van der Waals surface area (Å²) in [6.07, 6.45) is 4.34. The lowest BCUT2D eigenvalue weighted by molar-refractivity contribution is -0.128. The van der Waals surface area contributed by atoms with Crippen molar-refractivity contribution < 1.29 is 13.6 Å². The smallest absolute Gasteiger partial charge is 0.246 e. The minimum atomic E-state index is -0.627. The summed E-state index contributed by atoms with van der Waals surface area (Å²) in [6, 6.07) is 11.3. The number of nitrogens with zero attached hydrogens (tertiary/aromatic N) is 5. The maximum atomic E-state index is 15.8. The SMILES string of the molecule is [C-]#[N+]C[C@H]1CN(c2ccnc3c(F)c(-c4cc(F)cc5ccccc45)ncc23)CCN1C(=O)C=C. The summed E-state index contributed by atoms with van der Waals surface area (Å²) >= 11 is 0. The summed E-state index contributed by atoms with van der Waals surface area (Å²) in [6.45, 7) is 12.3. The van der Waals surface area contributed by atoms with E-state index in [1.54, 1.807) is 35.4 Å². The Morgan fingerprint density at radius 1 is 1.17 bits per heavy atom. The number of carbonyl (C=O) groups excluding carboxylic acids is 1. The van der Waals surface area contributed by atoms with Gasteiger partial charge in [-0.15, -0.1) is 0 Å². The van der Waals surface area contributed by atoms with E-state index >= 15 is 4.39 Å². The number of hydrogen-bond acceptors (Lipinski definition) is 4. The second-order valence-electron chi connectivity index (χ2n) is 8.36. The highest BCUT2D eigenvalue weighted by Crippen LogP contribution is 2.35. The van der Waals surface area contributed by atoms with Crippen molar-refractivity contribution in [1.82, 2.24) is 14.9 Å². The van der Waals surface area contributed by atoms with Crippen LogP contribution in [0.15, 0.2) is 67.5 Å². The molecule has 1 aliphatic heterocycles. The maximum absolute atomic E-state index is 15.8. The highest BCUT2D eigenvalue weighted by molar-refractivity contribution is 5.99. The first-order valence-electron chi connectivity index (χ1n) is 11.1. The molecule has 0 saturated carbocycles. The average molecular weight is 469 g/mol. The number of piperazine rings is 1. The van der Waals surface area contributed by atoms with Gasteiger partial charge in [-0.25, -0.2) is 15.4 Å². The van der Waals surface area contributed by atoms with E-state index in [4.69, 9.17) is 6.57 Å². The van der Waals surface area contributed by atoms with Crippen LogP contribution in [0.5, 0.6) is 0 Å². The Kier molecular flexibility index (Phi) is 5.83. The van der Waals surface area contributed by atoms with Crippen LogP contribution in [0.3, 0.4) is 0 Å². The molecule has 5 rings (SSSR count). The predicted molar refractivity (Wildman–Crippen MR) is 132 cm³/mol. The van der Waals surface area contributed by atoms with E-state index in [0.29, 0.717) is 41.4 Å². The number of aromatic nitrogens is 2. The van der Waals surface area contributed by atoms with Gasteiger partial charge in [0.15, 0.2) is 5.82 Å². The predicted octanol–water partition coefficient (Wildman–Crippen LogP) is 4.85. The Balaban J connectivity index is 1.58. The van der Waals surface area contributed by atoms with Gasteiger partial charge in [0.1, 0.15) is 23.1 Å². The Morgan fingerprint density at radius 2 is 2.00 bits per heavy atom.